The Morgan fingerprint density at radius 2 is 1.76 bits per heavy atom. The molecule has 2 rings (SSSR count). The van der Waals surface area contributed by atoms with Gasteiger partial charge >= 0.3 is 6.03 Å². The number of hydrogen-bond acceptors (Lipinski definition) is 3. The maximum Gasteiger partial charge on any atom is 0.321 e. The molecule has 0 bridgehead atoms. The average Bonchev–Trinajstić information content (AvgIpc) is 2.54. The molecule has 5 nitrogen and oxygen atoms in total. The van der Waals surface area contributed by atoms with E-state index in [0.29, 0.717) is 6.04 Å². The molecule has 0 spiro atoms. The Hall–Kier alpha value is -1.88. The van der Waals surface area contributed by atoms with Crippen LogP contribution < -0.4 is 16.0 Å². The summed E-state index contributed by atoms with van der Waals surface area (Å²) in [6, 6.07) is 8.89. The predicted octanol–water partition coefficient (Wildman–Crippen LogP) is 2.11. The first-order chi connectivity index (χ1) is 10.2. The van der Waals surface area contributed by atoms with Gasteiger partial charge in [0.05, 0.1) is 0 Å². The molecule has 114 valence electrons. The number of benzene rings is 1. The summed E-state index contributed by atoms with van der Waals surface area (Å²) >= 11 is 0. The topological polar surface area (TPSA) is 70.2 Å². The van der Waals surface area contributed by atoms with E-state index in [0.717, 1.165) is 18.4 Å². The molecule has 1 aromatic carbocycles. The Labute approximate surface area is 125 Å². The number of hydrogen-bond donors (Lipinski definition) is 3. The van der Waals surface area contributed by atoms with Crippen LogP contribution in [-0.4, -0.2) is 25.0 Å². The van der Waals surface area contributed by atoms with Crippen LogP contribution in [0.15, 0.2) is 30.3 Å². The van der Waals surface area contributed by atoms with Crippen molar-refractivity contribution < 1.29 is 9.59 Å². The number of urea groups is 1. The van der Waals surface area contributed by atoms with Gasteiger partial charge in [-0.3, -0.25) is 15.4 Å². The molecule has 0 saturated heterocycles. The monoisotopic (exact) mass is 289 g/mol. The van der Waals surface area contributed by atoms with E-state index < -0.39 is 12.1 Å². The van der Waals surface area contributed by atoms with Crippen LogP contribution in [0.1, 0.15) is 43.7 Å². The lowest BCUT2D eigenvalue weighted by molar-refractivity contribution is -0.122. The van der Waals surface area contributed by atoms with Gasteiger partial charge in [0, 0.05) is 13.1 Å². The molecule has 3 N–H and O–H groups in total. The van der Waals surface area contributed by atoms with Crippen molar-refractivity contribution in [3.8, 4) is 0 Å². The molecule has 21 heavy (non-hydrogen) atoms. The van der Waals surface area contributed by atoms with E-state index in [1.165, 1.54) is 26.3 Å². The Balaban J connectivity index is 2.09. The highest BCUT2D eigenvalue weighted by Gasteiger charge is 2.25. The molecule has 5 heteroatoms. The second-order valence-electron chi connectivity index (χ2n) is 5.41. The van der Waals surface area contributed by atoms with Crippen molar-refractivity contribution in [1.29, 1.82) is 0 Å². The lowest BCUT2D eigenvalue weighted by Gasteiger charge is -2.28. The number of nitrogens with one attached hydrogen (secondary N) is 3. The van der Waals surface area contributed by atoms with Crippen LogP contribution >= 0.6 is 0 Å². The predicted molar refractivity (Wildman–Crippen MR) is 81.8 cm³/mol. The minimum absolute atomic E-state index is 0.314. The summed E-state index contributed by atoms with van der Waals surface area (Å²) in [4.78, 5) is 23.7. The first-order valence-corrected chi connectivity index (χ1v) is 7.54. The van der Waals surface area contributed by atoms with Gasteiger partial charge in [-0.25, -0.2) is 4.79 Å². The molecule has 1 saturated carbocycles. The standard InChI is InChI=1S/C16H23N3O2/c1-17-16(21)19-15(20)14(12-8-4-2-5-9-12)18-13-10-6-3-7-11-13/h2,4-5,8-9,13-14,18H,3,6-7,10-11H2,1H3,(H2,17,19,20,21)/t14-/m1/s1. The molecular weight excluding hydrogens is 266 g/mol. The quantitative estimate of drug-likeness (QED) is 0.795. The molecule has 0 heterocycles. The van der Waals surface area contributed by atoms with E-state index in [4.69, 9.17) is 0 Å². The number of carbonyl (C=O) groups excluding carboxylic acids is 2. The summed E-state index contributed by atoms with van der Waals surface area (Å²) in [6.45, 7) is 0. The minimum Gasteiger partial charge on any atom is -0.341 e. The third-order valence-electron chi connectivity index (χ3n) is 3.87. The zero-order valence-electron chi connectivity index (χ0n) is 12.4. The molecule has 0 unspecified atom stereocenters. The fraction of sp³-hybridized carbons (Fsp3) is 0.500. The summed E-state index contributed by atoms with van der Waals surface area (Å²) in [5.41, 5.74) is 0.879. The van der Waals surface area contributed by atoms with Crippen LogP contribution in [0.3, 0.4) is 0 Å². The molecule has 1 aromatic rings. The molecule has 1 fully saturated rings. The van der Waals surface area contributed by atoms with Crippen molar-refractivity contribution >= 4 is 11.9 Å². The number of carbonyl (C=O) groups is 2. The maximum atomic E-state index is 12.4. The van der Waals surface area contributed by atoms with Crippen molar-refractivity contribution in [1.82, 2.24) is 16.0 Å². The van der Waals surface area contributed by atoms with Crippen molar-refractivity contribution in [2.75, 3.05) is 7.05 Å². The molecule has 1 aliphatic rings. The van der Waals surface area contributed by atoms with Gasteiger partial charge in [-0.1, -0.05) is 49.6 Å². The molecule has 0 aliphatic heterocycles. The fourth-order valence-corrected chi connectivity index (χ4v) is 2.72. The summed E-state index contributed by atoms with van der Waals surface area (Å²) < 4.78 is 0. The summed E-state index contributed by atoms with van der Waals surface area (Å²) in [7, 11) is 1.49. The van der Waals surface area contributed by atoms with Gasteiger partial charge < -0.3 is 5.32 Å². The van der Waals surface area contributed by atoms with Gasteiger partial charge in [0.2, 0.25) is 5.91 Å². The summed E-state index contributed by atoms with van der Waals surface area (Å²) in [5.74, 6) is -0.314. The molecule has 1 atom stereocenters. The molecule has 0 aromatic heterocycles. The average molecular weight is 289 g/mol. The first-order valence-electron chi connectivity index (χ1n) is 7.54. The molecule has 0 radical (unpaired) electrons. The Morgan fingerprint density at radius 3 is 2.38 bits per heavy atom. The van der Waals surface area contributed by atoms with E-state index in [-0.39, 0.29) is 5.91 Å². The zero-order chi connectivity index (χ0) is 15.1. The van der Waals surface area contributed by atoms with Crippen LogP contribution in [-0.2, 0) is 4.79 Å². The third-order valence-corrected chi connectivity index (χ3v) is 3.87. The van der Waals surface area contributed by atoms with E-state index in [1.807, 2.05) is 30.3 Å². The van der Waals surface area contributed by atoms with E-state index in [2.05, 4.69) is 16.0 Å². The maximum absolute atomic E-state index is 12.4. The van der Waals surface area contributed by atoms with Crippen molar-refractivity contribution in [2.45, 2.75) is 44.2 Å². The normalized spacial score (nSPS) is 17.0. The third kappa shape index (κ3) is 4.56. The highest BCUT2D eigenvalue weighted by atomic mass is 16.2. The summed E-state index contributed by atoms with van der Waals surface area (Å²) in [6.07, 6.45) is 5.80. The fourth-order valence-electron chi connectivity index (χ4n) is 2.72. The van der Waals surface area contributed by atoms with Crippen molar-refractivity contribution in [2.24, 2.45) is 0 Å². The van der Waals surface area contributed by atoms with Gasteiger partial charge in [-0.15, -0.1) is 0 Å². The number of imide groups is 1. The second-order valence-corrected chi connectivity index (χ2v) is 5.41. The summed E-state index contributed by atoms with van der Waals surface area (Å²) in [5, 5.41) is 8.18. The number of rotatable bonds is 4. The lowest BCUT2D eigenvalue weighted by atomic mass is 9.94. The smallest absolute Gasteiger partial charge is 0.321 e. The van der Waals surface area contributed by atoms with Crippen LogP contribution in [0.5, 0.6) is 0 Å². The highest BCUT2D eigenvalue weighted by molar-refractivity contribution is 5.97. The van der Waals surface area contributed by atoms with Gasteiger partial charge in [-0.2, -0.15) is 0 Å². The van der Waals surface area contributed by atoms with Crippen LogP contribution in [0, 0.1) is 0 Å². The van der Waals surface area contributed by atoms with Crippen LogP contribution in [0.25, 0.3) is 0 Å². The van der Waals surface area contributed by atoms with Crippen molar-refractivity contribution in [3.05, 3.63) is 35.9 Å². The van der Waals surface area contributed by atoms with E-state index in [9.17, 15) is 9.59 Å². The van der Waals surface area contributed by atoms with Gasteiger partial charge in [0.1, 0.15) is 6.04 Å². The van der Waals surface area contributed by atoms with E-state index in [1.54, 1.807) is 0 Å². The van der Waals surface area contributed by atoms with E-state index >= 15 is 0 Å². The SMILES string of the molecule is CNC(=O)NC(=O)[C@H](NC1CCCCC1)c1ccccc1. The number of amides is 3. The Bertz CT molecular complexity index is 470. The zero-order valence-corrected chi connectivity index (χ0v) is 12.4. The van der Waals surface area contributed by atoms with Crippen LogP contribution in [0.2, 0.25) is 0 Å². The first kappa shape index (κ1) is 15.5. The Kier molecular flexibility index (Phi) is 5.75. The van der Waals surface area contributed by atoms with Gasteiger partial charge in [-0.05, 0) is 18.4 Å². The molecular formula is C16H23N3O2. The second kappa shape index (κ2) is 7.78. The minimum atomic E-state index is -0.494. The van der Waals surface area contributed by atoms with Crippen molar-refractivity contribution in [3.63, 3.8) is 0 Å². The lowest BCUT2D eigenvalue weighted by Crippen LogP contribution is -2.46. The van der Waals surface area contributed by atoms with Gasteiger partial charge in [0.25, 0.3) is 0 Å². The molecule has 3 amide bonds. The largest absolute Gasteiger partial charge is 0.341 e. The Morgan fingerprint density at radius 1 is 1.10 bits per heavy atom. The van der Waals surface area contributed by atoms with Crippen LogP contribution in [0.4, 0.5) is 4.79 Å². The molecule has 1 aliphatic carbocycles. The van der Waals surface area contributed by atoms with Gasteiger partial charge in [0.15, 0.2) is 0 Å². The highest BCUT2D eigenvalue weighted by Crippen LogP contribution is 2.21.